The molecule has 0 radical (unpaired) electrons. The van der Waals surface area contributed by atoms with Gasteiger partial charge >= 0.3 is 6.36 Å². The molecule has 1 aromatic rings. The lowest BCUT2D eigenvalue weighted by Crippen LogP contribution is -2.22. The van der Waals surface area contributed by atoms with E-state index in [9.17, 15) is 26.7 Å². The molecule has 0 saturated heterocycles. The summed E-state index contributed by atoms with van der Waals surface area (Å²) in [5.41, 5.74) is 7.53. The molecule has 0 aliphatic carbocycles. The molecule has 0 spiro atoms. The van der Waals surface area contributed by atoms with E-state index in [1.807, 2.05) is 0 Å². The van der Waals surface area contributed by atoms with Gasteiger partial charge in [-0.15, -0.1) is 13.2 Å². The Morgan fingerprint density at radius 2 is 2.00 bits per heavy atom. The Morgan fingerprint density at radius 3 is 2.37 bits per heavy atom. The van der Waals surface area contributed by atoms with Crippen molar-refractivity contribution in [2.75, 3.05) is 0 Å². The fourth-order valence-electron chi connectivity index (χ4n) is 1.27. The van der Waals surface area contributed by atoms with E-state index in [1.165, 1.54) is 0 Å². The maximum atomic E-state index is 12.6. The summed E-state index contributed by atoms with van der Waals surface area (Å²) in [5, 5.41) is 0. The van der Waals surface area contributed by atoms with Gasteiger partial charge in [-0.3, -0.25) is 4.79 Å². The zero-order valence-corrected chi connectivity index (χ0v) is 9.17. The van der Waals surface area contributed by atoms with Gasteiger partial charge in [0, 0.05) is 6.54 Å². The number of ether oxygens (including phenoxy) is 1. The number of carbonyl (C=O) groups excluding carboxylic acids is 1. The monoisotopic (exact) mass is 285 g/mol. The first-order valence-corrected chi connectivity index (χ1v) is 4.73. The predicted molar refractivity (Wildman–Crippen MR) is 52.3 cm³/mol. The van der Waals surface area contributed by atoms with Crippen LogP contribution >= 0.6 is 0 Å². The molecular formula is C9H8F5N3O2. The van der Waals surface area contributed by atoms with E-state index in [1.54, 1.807) is 0 Å². The van der Waals surface area contributed by atoms with Crippen molar-refractivity contribution in [2.24, 2.45) is 11.5 Å². The molecule has 19 heavy (non-hydrogen) atoms. The van der Waals surface area contributed by atoms with Crippen molar-refractivity contribution >= 4 is 5.91 Å². The molecule has 0 bridgehead atoms. The van der Waals surface area contributed by atoms with Gasteiger partial charge in [0.1, 0.15) is 5.69 Å². The number of halogens is 5. The van der Waals surface area contributed by atoms with Crippen LogP contribution in [0.15, 0.2) is 6.07 Å². The maximum absolute atomic E-state index is 12.6. The van der Waals surface area contributed by atoms with E-state index in [0.29, 0.717) is 6.07 Å². The van der Waals surface area contributed by atoms with E-state index >= 15 is 0 Å². The second kappa shape index (κ2) is 5.34. The summed E-state index contributed by atoms with van der Waals surface area (Å²) in [5.74, 6) is -2.29. The van der Waals surface area contributed by atoms with E-state index < -0.39 is 47.9 Å². The second-order valence-corrected chi connectivity index (χ2v) is 3.29. The Labute approximate surface area is 103 Å². The number of aromatic nitrogens is 1. The van der Waals surface area contributed by atoms with E-state index in [0.717, 1.165) is 0 Å². The molecule has 10 heteroatoms. The largest absolute Gasteiger partial charge is 0.573 e. The van der Waals surface area contributed by atoms with Crippen molar-refractivity contribution in [1.29, 1.82) is 0 Å². The zero-order valence-electron chi connectivity index (χ0n) is 9.17. The van der Waals surface area contributed by atoms with Gasteiger partial charge in [-0.2, -0.15) is 0 Å². The summed E-state index contributed by atoms with van der Waals surface area (Å²) in [6, 6.07) is 0.355. The van der Waals surface area contributed by atoms with Gasteiger partial charge < -0.3 is 16.2 Å². The van der Waals surface area contributed by atoms with Crippen molar-refractivity contribution in [3.63, 3.8) is 0 Å². The Morgan fingerprint density at radius 1 is 1.42 bits per heavy atom. The van der Waals surface area contributed by atoms with Crippen LogP contribution in [0.2, 0.25) is 0 Å². The van der Waals surface area contributed by atoms with E-state index in [4.69, 9.17) is 11.5 Å². The highest BCUT2D eigenvalue weighted by Crippen LogP contribution is 2.31. The second-order valence-electron chi connectivity index (χ2n) is 3.29. The molecule has 106 valence electrons. The standard InChI is InChI=1S/C9H8F5N3O2/c10-7(11)3-1-5(19-9(12,13)14)4(2-15)17-6(3)8(16)18/h1,7H,2,15H2,(H2,16,18). The SMILES string of the molecule is NCc1nc(C(N)=O)c(C(F)F)cc1OC(F)(F)F. The lowest BCUT2D eigenvalue weighted by Gasteiger charge is -2.14. The number of hydrogen-bond donors (Lipinski definition) is 2. The van der Waals surface area contributed by atoms with Crippen LogP contribution in [0.25, 0.3) is 0 Å². The molecule has 1 amide bonds. The maximum Gasteiger partial charge on any atom is 0.573 e. The third kappa shape index (κ3) is 3.74. The molecule has 1 heterocycles. The fraction of sp³-hybridized carbons (Fsp3) is 0.333. The molecule has 0 aromatic carbocycles. The zero-order chi connectivity index (χ0) is 14.8. The summed E-state index contributed by atoms with van der Waals surface area (Å²) < 4.78 is 65.0. The molecule has 0 fully saturated rings. The van der Waals surface area contributed by atoms with Crippen LogP contribution in [0, 0.1) is 0 Å². The smallest absolute Gasteiger partial charge is 0.404 e. The molecule has 4 N–H and O–H groups in total. The number of pyridine rings is 1. The number of primary amides is 1. The van der Waals surface area contributed by atoms with Crippen LogP contribution in [0.5, 0.6) is 5.75 Å². The van der Waals surface area contributed by atoms with Crippen LogP contribution in [0.4, 0.5) is 22.0 Å². The van der Waals surface area contributed by atoms with Gasteiger partial charge in [-0.05, 0) is 6.07 Å². The lowest BCUT2D eigenvalue weighted by atomic mass is 10.1. The highest BCUT2D eigenvalue weighted by atomic mass is 19.4. The first kappa shape index (κ1) is 15.1. The minimum atomic E-state index is -5.10. The van der Waals surface area contributed by atoms with Gasteiger partial charge in [0.2, 0.25) is 0 Å². The molecule has 0 unspecified atom stereocenters. The highest BCUT2D eigenvalue weighted by Gasteiger charge is 2.33. The molecular weight excluding hydrogens is 277 g/mol. The average molecular weight is 285 g/mol. The lowest BCUT2D eigenvalue weighted by molar-refractivity contribution is -0.275. The first-order chi connectivity index (χ1) is 8.65. The number of amides is 1. The van der Waals surface area contributed by atoms with Gasteiger partial charge in [0.15, 0.2) is 5.75 Å². The minimum absolute atomic E-state index is 0.355. The van der Waals surface area contributed by atoms with Crippen molar-refractivity contribution < 1.29 is 31.5 Å². The summed E-state index contributed by atoms with van der Waals surface area (Å²) in [6.07, 6.45) is -8.34. The number of carbonyl (C=O) groups is 1. The molecule has 1 aromatic heterocycles. The highest BCUT2D eigenvalue weighted by molar-refractivity contribution is 5.92. The van der Waals surface area contributed by atoms with Gasteiger partial charge in [0.25, 0.3) is 12.3 Å². The third-order valence-corrected chi connectivity index (χ3v) is 1.98. The van der Waals surface area contributed by atoms with Crippen molar-refractivity contribution in [3.05, 3.63) is 23.0 Å². The quantitative estimate of drug-likeness (QED) is 0.819. The van der Waals surface area contributed by atoms with Crippen molar-refractivity contribution in [3.8, 4) is 5.75 Å². The molecule has 0 aliphatic rings. The molecule has 0 saturated carbocycles. The van der Waals surface area contributed by atoms with Crippen LogP contribution < -0.4 is 16.2 Å². The predicted octanol–water partition coefficient (Wildman–Crippen LogP) is 1.48. The van der Waals surface area contributed by atoms with Crippen molar-refractivity contribution in [2.45, 2.75) is 19.3 Å². The van der Waals surface area contributed by atoms with Crippen LogP contribution in [-0.2, 0) is 6.54 Å². The van der Waals surface area contributed by atoms with Gasteiger partial charge in [0.05, 0.1) is 11.3 Å². The minimum Gasteiger partial charge on any atom is -0.404 e. The van der Waals surface area contributed by atoms with Gasteiger partial charge in [-0.25, -0.2) is 13.8 Å². The van der Waals surface area contributed by atoms with Crippen LogP contribution in [0.3, 0.4) is 0 Å². The van der Waals surface area contributed by atoms with E-state index in [2.05, 4.69) is 9.72 Å². The Bertz CT molecular complexity index is 489. The Balaban J connectivity index is 3.39. The molecule has 0 aliphatic heterocycles. The summed E-state index contributed by atoms with van der Waals surface area (Å²) in [4.78, 5) is 14.2. The van der Waals surface area contributed by atoms with Crippen LogP contribution in [0.1, 0.15) is 28.2 Å². The Hall–Kier alpha value is -1.97. The first-order valence-electron chi connectivity index (χ1n) is 4.73. The normalized spacial score (nSPS) is 11.7. The Kier molecular flexibility index (Phi) is 4.24. The number of nitrogens with two attached hydrogens (primary N) is 2. The summed E-state index contributed by atoms with van der Waals surface area (Å²) in [6.45, 7) is -0.546. The average Bonchev–Trinajstić information content (AvgIpc) is 2.25. The fourth-order valence-corrected chi connectivity index (χ4v) is 1.27. The summed E-state index contributed by atoms with van der Waals surface area (Å²) in [7, 11) is 0. The molecule has 1 rings (SSSR count). The topological polar surface area (TPSA) is 91.2 Å². The summed E-state index contributed by atoms with van der Waals surface area (Å²) >= 11 is 0. The number of alkyl halides is 5. The third-order valence-electron chi connectivity index (χ3n) is 1.98. The van der Waals surface area contributed by atoms with Crippen LogP contribution in [-0.4, -0.2) is 17.3 Å². The molecule has 5 nitrogen and oxygen atoms in total. The molecule has 0 atom stereocenters. The number of nitrogens with zero attached hydrogens (tertiary/aromatic N) is 1. The van der Waals surface area contributed by atoms with Crippen molar-refractivity contribution in [1.82, 2.24) is 4.98 Å². The van der Waals surface area contributed by atoms with E-state index in [-0.39, 0.29) is 0 Å². The number of hydrogen-bond acceptors (Lipinski definition) is 4. The number of rotatable bonds is 4. The van der Waals surface area contributed by atoms with Gasteiger partial charge in [-0.1, -0.05) is 0 Å².